The van der Waals surface area contributed by atoms with Gasteiger partial charge in [0.05, 0.1) is 0 Å². The summed E-state index contributed by atoms with van der Waals surface area (Å²) in [5, 5.41) is 2.95. The van der Waals surface area contributed by atoms with E-state index in [-0.39, 0.29) is 17.6 Å². The Morgan fingerprint density at radius 2 is 2.00 bits per heavy atom. The molecule has 0 aliphatic carbocycles. The predicted octanol–water partition coefficient (Wildman–Crippen LogP) is 1.78. The van der Waals surface area contributed by atoms with E-state index in [2.05, 4.69) is 10.1 Å². The molecule has 0 amide bonds. The Kier molecular flexibility index (Phi) is 3.19. The van der Waals surface area contributed by atoms with Crippen molar-refractivity contribution in [2.24, 2.45) is 0 Å². The highest BCUT2D eigenvalue weighted by atomic mass is 19.3. The standard InChI is InChI=1S/C10H10F3NO2/c11-6-1-2-8(16-10(12)13)9(3-6)15-7-4-14-5-7/h1-3,7,10,14H,4-5H2. The van der Waals surface area contributed by atoms with Crippen LogP contribution in [0.3, 0.4) is 0 Å². The first-order valence-corrected chi connectivity index (χ1v) is 4.77. The normalized spacial score (nSPS) is 16.0. The molecular weight excluding hydrogens is 223 g/mol. The minimum absolute atomic E-state index is 0.00630. The van der Waals surface area contributed by atoms with Crippen molar-refractivity contribution in [2.45, 2.75) is 12.7 Å². The summed E-state index contributed by atoms with van der Waals surface area (Å²) in [6.45, 7) is -1.72. The summed E-state index contributed by atoms with van der Waals surface area (Å²) < 4.78 is 46.5. The van der Waals surface area contributed by atoms with Crippen LogP contribution in [0.1, 0.15) is 0 Å². The first kappa shape index (κ1) is 11.1. The molecule has 1 aliphatic heterocycles. The third-order valence-electron chi connectivity index (χ3n) is 2.16. The molecule has 0 spiro atoms. The molecular formula is C10H10F3NO2. The van der Waals surface area contributed by atoms with Gasteiger partial charge >= 0.3 is 6.61 Å². The molecule has 0 bridgehead atoms. The Labute approximate surface area is 90.2 Å². The van der Waals surface area contributed by atoms with Gasteiger partial charge in [0.15, 0.2) is 11.5 Å². The van der Waals surface area contributed by atoms with Gasteiger partial charge in [0.1, 0.15) is 11.9 Å². The van der Waals surface area contributed by atoms with E-state index in [1.807, 2.05) is 0 Å². The third kappa shape index (κ3) is 2.57. The van der Waals surface area contributed by atoms with Gasteiger partial charge in [-0.2, -0.15) is 8.78 Å². The molecule has 0 saturated carbocycles. The Bertz CT molecular complexity index is 369. The maximum atomic E-state index is 12.9. The topological polar surface area (TPSA) is 30.5 Å². The van der Waals surface area contributed by atoms with Crippen molar-refractivity contribution < 1.29 is 22.6 Å². The van der Waals surface area contributed by atoms with E-state index in [0.29, 0.717) is 13.1 Å². The molecule has 1 aliphatic rings. The number of rotatable bonds is 4. The molecule has 1 N–H and O–H groups in total. The molecule has 6 heteroatoms. The smallest absolute Gasteiger partial charge is 0.387 e. The zero-order valence-corrected chi connectivity index (χ0v) is 8.25. The van der Waals surface area contributed by atoms with Gasteiger partial charge in [0.2, 0.25) is 0 Å². The number of hydrogen-bond acceptors (Lipinski definition) is 3. The molecule has 0 unspecified atom stereocenters. The zero-order valence-electron chi connectivity index (χ0n) is 8.25. The van der Waals surface area contributed by atoms with E-state index in [4.69, 9.17) is 4.74 Å². The van der Waals surface area contributed by atoms with E-state index in [0.717, 1.165) is 18.2 Å². The summed E-state index contributed by atoms with van der Waals surface area (Å²) in [5.74, 6) is -0.695. The predicted molar refractivity (Wildman–Crippen MR) is 50.3 cm³/mol. The average molecular weight is 233 g/mol. The van der Waals surface area contributed by atoms with Gasteiger partial charge in [0.25, 0.3) is 0 Å². The average Bonchev–Trinajstić information content (AvgIpc) is 2.15. The summed E-state index contributed by atoms with van der Waals surface area (Å²) >= 11 is 0. The van der Waals surface area contributed by atoms with Crippen LogP contribution in [0.15, 0.2) is 18.2 Å². The summed E-state index contributed by atoms with van der Waals surface area (Å²) in [6.07, 6.45) is -0.123. The molecule has 0 atom stereocenters. The third-order valence-corrected chi connectivity index (χ3v) is 2.16. The Balaban J connectivity index is 2.14. The minimum Gasteiger partial charge on any atom is -0.484 e. The van der Waals surface area contributed by atoms with Crippen LogP contribution in [0.5, 0.6) is 11.5 Å². The first-order valence-electron chi connectivity index (χ1n) is 4.77. The van der Waals surface area contributed by atoms with Gasteiger partial charge in [-0.25, -0.2) is 4.39 Å². The highest BCUT2D eigenvalue weighted by Crippen LogP contribution is 2.30. The fourth-order valence-electron chi connectivity index (χ4n) is 1.29. The van der Waals surface area contributed by atoms with Crippen LogP contribution >= 0.6 is 0 Å². The van der Waals surface area contributed by atoms with Gasteiger partial charge in [0, 0.05) is 19.2 Å². The van der Waals surface area contributed by atoms with E-state index in [1.165, 1.54) is 0 Å². The number of benzene rings is 1. The fourth-order valence-corrected chi connectivity index (χ4v) is 1.29. The quantitative estimate of drug-likeness (QED) is 0.859. The van der Waals surface area contributed by atoms with Gasteiger partial charge < -0.3 is 14.8 Å². The van der Waals surface area contributed by atoms with Crippen molar-refractivity contribution in [2.75, 3.05) is 13.1 Å². The van der Waals surface area contributed by atoms with Crippen LogP contribution in [0.2, 0.25) is 0 Å². The van der Waals surface area contributed by atoms with Crippen LogP contribution < -0.4 is 14.8 Å². The monoisotopic (exact) mass is 233 g/mol. The lowest BCUT2D eigenvalue weighted by molar-refractivity contribution is -0.0524. The second kappa shape index (κ2) is 4.61. The molecule has 16 heavy (non-hydrogen) atoms. The van der Waals surface area contributed by atoms with E-state index < -0.39 is 12.4 Å². The molecule has 1 saturated heterocycles. The van der Waals surface area contributed by atoms with E-state index in [1.54, 1.807) is 0 Å². The van der Waals surface area contributed by atoms with Crippen molar-refractivity contribution in [3.63, 3.8) is 0 Å². The van der Waals surface area contributed by atoms with Crippen LogP contribution in [0.25, 0.3) is 0 Å². The highest BCUT2D eigenvalue weighted by Gasteiger charge is 2.21. The number of hydrogen-bond donors (Lipinski definition) is 1. The fraction of sp³-hybridized carbons (Fsp3) is 0.400. The van der Waals surface area contributed by atoms with Gasteiger partial charge in [-0.1, -0.05) is 0 Å². The molecule has 2 rings (SSSR count). The summed E-state index contributed by atoms with van der Waals surface area (Å²) in [7, 11) is 0. The number of nitrogens with one attached hydrogen (secondary N) is 1. The Morgan fingerprint density at radius 1 is 1.25 bits per heavy atom. The van der Waals surface area contributed by atoms with Crippen molar-refractivity contribution in [3.05, 3.63) is 24.0 Å². The summed E-state index contributed by atoms with van der Waals surface area (Å²) in [4.78, 5) is 0. The Morgan fingerprint density at radius 3 is 2.56 bits per heavy atom. The molecule has 1 heterocycles. The number of alkyl halides is 2. The SMILES string of the molecule is Fc1ccc(OC(F)F)c(OC2CNC2)c1. The first-order chi connectivity index (χ1) is 7.65. The lowest BCUT2D eigenvalue weighted by Gasteiger charge is -2.28. The van der Waals surface area contributed by atoms with Crippen molar-refractivity contribution in [1.29, 1.82) is 0 Å². The van der Waals surface area contributed by atoms with Crippen LogP contribution in [-0.4, -0.2) is 25.8 Å². The summed E-state index contributed by atoms with van der Waals surface area (Å²) in [6, 6.07) is 3.21. The lowest BCUT2D eigenvalue weighted by Crippen LogP contribution is -2.50. The molecule has 1 aromatic carbocycles. The largest absolute Gasteiger partial charge is 0.484 e. The molecule has 0 aromatic heterocycles. The van der Waals surface area contributed by atoms with Crippen LogP contribution in [0, 0.1) is 5.82 Å². The zero-order chi connectivity index (χ0) is 11.5. The summed E-state index contributed by atoms with van der Waals surface area (Å²) in [5.41, 5.74) is 0. The molecule has 1 fully saturated rings. The van der Waals surface area contributed by atoms with Crippen molar-refractivity contribution >= 4 is 0 Å². The second-order valence-corrected chi connectivity index (χ2v) is 3.37. The van der Waals surface area contributed by atoms with Crippen LogP contribution in [0.4, 0.5) is 13.2 Å². The molecule has 3 nitrogen and oxygen atoms in total. The molecule has 88 valence electrons. The minimum atomic E-state index is -2.95. The van der Waals surface area contributed by atoms with Crippen molar-refractivity contribution in [3.8, 4) is 11.5 Å². The maximum absolute atomic E-state index is 12.9. The number of halogens is 3. The highest BCUT2D eigenvalue weighted by molar-refractivity contribution is 5.40. The van der Waals surface area contributed by atoms with E-state index in [9.17, 15) is 13.2 Å². The lowest BCUT2D eigenvalue weighted by atomic mass is 10.2. The second-order valence-electron chi connectivity index (χ2n) is 3.37. The van der Waals surface area contributed by atoms with Crippen LogP contribution in [-0.2, 0) is 0 Å². The van der Waals surface area contributed by atoms with Gasteiger partial charge in [-0.3, -0.25) is 0 Å². The van der Waals surface area contributed by atoms with Gasteiger partial charge in [-0.15, -0.1) is 0 Å². The van der Waals surface area contributed by atoms with Crippen molar-refractivity contribution in [1.82, 2.24) is 5.32 Å². The molecule has 0 radical (unpaired) electrons. The maximum Gasteiger partial charge on any atom is 0.387 e. The number of ether oxygens (including phenoxy) is 2. The Hall–Kier alpha value is -1.43. The van der Waals surface area contributed by atoms with Gasteiger partial charge in [-0.05, 0) is 12.1 Å². The van der Waals surface area contributed by atoms with E-state index >= 15 is 0 Å². The molecule has 1 aromatic rings.